The number of oxime groups is 1. The molecule has 0 heterocycles. The van der Waals surface area contributed by atoms with Crippen molar-refractivity contribution in [3.8, 4) is 5.75 Å². The van der Waals surface area contributed by atoms with Crippen molar-refractivity contribution in [2.75, 3.05) is 0 Å². The number of amidine groups is 1. The second kappa shape index (κ2) is 6.61. The van der Waals surface area contributed by atoms with Crippen LogP contribution in [0.5, 0.6) is 5.75 Å². The van der Waals surface area contributed by atoms with Crippen LogP contribution in [0.15, 0.2) is 53.7 Å². The number of benzene rings is 2. The van der Waals surface area contributed by atoms with Gasteiger partial charge in [0.05, 0.1) is 0 Å². The van der Waals surface area contributed by atoms with Crippen molar-refractivity contribution < 1.29 is 9.94 Å². The smallest absolute Gasteiger partial charge is 0.170 e. The highest BCUT2D eigenvalue weighted by atomic mass is 16.5. The number of nitrogens with zero attached hydrogens (tertiary/aromatic N) is 1. The highest BCUT2D eigenvalue weighted by Gasteiger charge is 2.00. The Labute approximate surface area is 118 Å². The number of aryl methyl sites for hydroxylation is 1. The Morgan fingerprint density at radius 2 is 1.65 bits per heavy atom. The topological polar surface area (TPSA) is 67.8 Å². The van der Waals surface area contributed by atoms with E-state index in [1.165, 1.54) is 5.56 Å². The fraction of sp³-hybridized carbons (Fsp3) is 0.188. The molecule has 104 valence electrons. The lowest BCUT2D eigenvalue weighted by atomic mass is 10.1. The molecule has 0 amide bonds. The third-order valence-electron chi connectivity index (χ3n) is 3.09. The Morgan fingerprint density at radius 1 is 1.05 bits per heavy atom. The first kappa shape index (κ1) is 13.9. The van der Waals surface area contributed by atoms with E-state index in [0.29, 0.717) is 12.2 Å². The van der Waals surface area contributed by atoms with Crippen molar-refractivity contribution >= 4 is 5.84 Å². The average Bonchev–Trinajstić information content (AvgIpc) is 2.53. The van der Waals surface area contributed by atoms with Crippen LogP contribution in [0.3, 0.4) is 0 Å². The van der Waals surface area contributed by atoms with E-state index in [4.69, 9.17) is 15.7 Å². The van der Waals surface area contributed by atoms with E-state index >= 15 is 0 Å². The van der Waals surface area contributed by atoms with Crippen LogP contribution in [0.4, 0.5) is 0 Å². The molecule has 0 aliphatic carbocycles. The van der Waals surface area contributed by atoms with Gasteiger partial charge in [0.1, 0.15) is 12.4 Å². The van der Waals surface area contributed by atoms with Crippen LogP contribution in [0.1, 0.15) is 23.6 Å². The Balaban J connectivity index is 1.96. The van der Waals surface area contributed by atoms with E-state index in [0.717, 1.165) is 17.7 Å². The predicted octanol–water partition coefficient (Wildman–Crippen LogP) is 2.92. The van der Waals surface area contributed by atoms with Crippen LogP contribution in [0.2, 0.25) is 0 Å². The standard InChI is InChI=1S/C16H18N2O2/c1-2-12-5-9-15(10-6-12)20-11-13-3-7-14(8-4-13)16(17)18-19/h3-10,19H,2,11H2,1H3,(H2,17,18). The van der Waals surface area contributed by atoms with E-state index in [9.17, 15) is 0 Å². The molecule has 0 aliphatic rings. The molecular weight excluding hydrogens is 252 g/mol. The minimum Gasteiger partial charge on any atom is -0.489 e. The maximum Gasteiger partial charge on any atom is 0.170 e. The molecule has 20 heavy (non-hydrogen) atoms. The van der Waals surface area contributed by atoms with Gasteiger partial charge in [-0.3, -0.25) is 0 Å². The highest BCUT2D eigenvalue weighted by molar-refractivity contribution is 5.96. The molecule has 2 aromatic carbocycles. The predicted molar refractivity (Wildman–Crippen MR) is 79.1 cm³/mol. The van der Waals surface area contributed by atoms with Gasteiger partial charge in [0.25, 0.3) is 0 Å². The third-order valence-corrected chi connectivity index (χ3v) is 3.09. The summed E-state index contributed by atoms with van der Waals surface area (Å²) in [5, 5.41) is 11.6. The minimum atomic E-state index is 0.104. The summed E-state index contributed by atoms with van der Waals surface area (Å²) in [6.07, 6.45) is 1.02. The Morgan fingerprint density at radius 3 is 2.20 bits per heavy atom. The van der Waals surface area contributed by atoms with Crippen molar-refractivity contribution in [1.82, 2.24) is 0 Å². The molecule has 2 rings (SSSR count). The van der Waals surface area contributed by atoms with Gasteiger partial charge in [-0.2, -0.15) is 0 Å². The average molecular weight is 270 g/mol. The third kappa shape index (κ3) is 3.51. The number of hydrogen-bond acceptors (Lipinski definition) is 3. The first-order valence-electron chi connectivity index (χ1n) is 6.51. The first-order chi connectivity index (χ1) is 9.72. The summed E-state index contributed by atoms with van der Waals surface area (Å²) in [6, 6.07) is 15.5. The molecule has 0 aromatic heterocycles. The molecule has 0 fully saturated rings. The number of hydrogen-bond donors (Lipinski definition) is 2. The zero-order valence-corrected chi connectivity index (χ0v) is 11.4. The van der Waals surface area contributed by atoms with E-state index < -0.39 is 0 Å². The van der Waals surface area contributed by atoms with Crippen molar-refractivity contribution in [2.45, 2.75) is 20.0 Å². The quantitative estimate of drug-likeness (QED) is 0.380. The Bertz CT molecular complexity index is 574. The molecule has 0 radical (unpaired) electrons. The van der Waals surface area contributed by atoms with Crippen LogP contribution in [-0.2, 0) is 13.0 Å². The molecule has 0 atom stereocenters. The summed E-state index contributed by atoms with van der Waals surface area (Å²) < 4.78 is 5.71. The zero-order chi connectivity index (χ0) is 14.4. The molecule has 4 nitrogen and oxygen atoms in total. The second-order valence-corrected chi connectivity index (χ2v) is 4.47. The number of nitrogens with two attached hydrogens (primary N) is 1. The largest absolute Gasteiger partial charge is 0.489 e. The maximum atomic E-state index is 8.59. The molecule has 0 saturated carbocycles. The SMILES string of the molecule is CCc1ccc(OCc2ccc(/C(N)=N/O)cc2)cc1. The van der Waals surface area contributed by atoms with Crippen LogP contribution in [0.25, 0.3) is 0 Å². The molecule has 0 aliphatic heterocycles. The van der Waals surface area contributed by atoms with E-state index in [1.807, 2.05) is 24.3 Å². The molecular formula is C16H18N2O2. The maximum absolute atomic E-state index is 8.59. The van der Waals surface area contributed by atoms with E-state index in [1.54, 1.807) is 12.1 Å². The molecule has 3 N–H and O–H groups in total. The summed E-state index contributed by atoms with van der Waals surface area (Å²) in [6.45, 7) is 2.61. The van der Waals surface area contributed by atoms with Gasteiger partial charge in [-0.1, -0.05) is 48.5 Å². The van der Waals surface area contributed by atoms with Gasteiger partial charge < -0.3 is 15.7 Å². The van der Waals surface area contributed by atoms with E-state index in [-0.39, 0.29) is 5.84 Å². The van der Waals surface area contributed by atoms with Gasteiger partial charge >= 0.3 is 0 Å². The number of ether oxygens (including phenoxy) is 1. The molecule has 0 bridgehead atoms. The van der Waals surface area contributed by atoms with Crippen molar-refractivity contribution in [3.05, 3.63) is 65.2 Å². The fourth-order valence-electron chi connectivity index (χ4n) is 1.82. The summed E-state index contributed by atoms with van der Waals surface area (Å²) in [7, 11) is 0. The monoisotopic (exact) mass is 270 g/mol. The second-order valence-electron chi connectivity index (χ2n) is 4.47. The summed E-state index contributed by atoms with van der Waals surface area (Å²) >= 11 is 0. The van der Waals surface area contributed by atoms with Gasteiger partial charge in [0.2, 0.25) is 0 Å². The van der Waals surface area contributed by atoms with Gasteiger partial charge in [-0.15, -0.1) is 0 Å². The fourth-order valence-corrected chi connectivity index (χ4v) is 1.82. The highest BCUT2D eigenvalue weighted by Crippen LogP contribution is 2.15. The van der Waals surface area contributed by atoms with E-state index in [2.05, 4.69) is 24.2 Å². The zero-order valence-electron chi connectivity index (χ0n) is 11.4. The molecule has 0 spiro atoms. The minimum absolute atomic E-state index is 0.104. The van der Waals surface area contributed by atoms with Crippen LogP contribution >= 0.6 is 0 Å². The van der Waals surface area contributed by atoms with Crippen molar-refractivity contribution in [2.24, 2.45) is 10.9 Å². The summed E-state index contributed by atoms with van der Waals surface area (Å²) in [5.41, 5.74) is 8.51. The Hall–Kier alpha value is -2.49. The van der Waals surface area contributed by atoms with Crippen LogP contribution < -0.4 is 10.5 Å². The molecule has 0 saturated heterocycles. The molecule has 4 heteroatoms. The number of rotatable bonds is 5. The van der Waals surface area contributed by atoms with Crippen molar-refractivity contribution in [1.29, 1.82) is 0 Å². The summed E-state index contributed by atoms with van der Waals surface area (Å²) in [5.74, 6) is 0.954. The molecule has 0 unspecified atom stereocenters. The lowest BCUT2D eigenvalue weighted by molar-refractivity contribution is 0.306. The summed E-state index contributed by atoms with van der Waals surface area (Å²) in [4.78, 5) is 0. The van der Waals surface area contributed by atoms with Crippen molar-refractivity contribution in [3.63, 3.8) is 0 Å². The normalized spacial score (nSPS) is 11.3. The molecule has 2 aromatic rings. The van der Waals surface area contributed by atoms with Gasteiger partial charge in [-0.25, -0.2) is 0 Å². The first-order valence-corrected chi connectivity index (χ1v) is 6.51. The lowest BCUT2D eigenvalue weighted by Crippen LogP contribution is -2.12. The van der Waals surface area contributed by atoms with Gasteiger partial charge in [0.15, 0.2) is 5.84 Å². The van der Waals surface area contributed by atoms with Gasteiger partial charge in [0, 0.05) is 5.56 Å². The van der Waals surface area contributed by atoms with Crippen LogP contribution in [0, 0.1) is 0 Å². The lowest BCUT2D eigenvalue weighted by Gasteiger charge is -2.07. The Kier molecular flexibility index (Phi) is 4.60. The van der Waals surface area contributed by atoms with Crippen LogP contribution in [-0.4, -0.2) is 11.0 Å². The van der Waals surface area contributed by atoms with Gasteiger partial charge in [-0.05, 0) is 29.7 Å².